The average molecular weight is 531 g/mol. The minimum absolute atomic E-state index is 0.0315. The molecule has 39 heavy (non-hydrogen) atoms. The topological polar surface area (TPSA) is 87.4 Å². The second-order valence-electron chi connectivity index (χ2n) is 8.75. The number of ether oxygens (including phenoxy) is 2. The first-order valence-electron chi connectivity index (χ1n) is 12.7. The smallest absolute Gasteiger partial charge is 0.350 e. The first kappa shape index (κ1) is 27.5. The first-order chi connectivity index (χ1) is 18.9. The fourth-order valence-corrected chi connectivity index (χ4v) is 4.11. The summed E-state index contributed by atoms with van der Waals surface area (Å²) in [5.41, 5.74) is 2.39. The molecule has 0 aliphatic carbocycles. The summed E-state index contributed by atoms with van der Waals surface area (Å²) in [6.07, 6.45) is 2.95. The Labute approximate surface area is 226 Å². The molecule has 0 saturated carbocycles. The van der Waals surface area contributed by atoms with Crippen LogP contribution in [-0.4, -0.2) is 26.9 Å². The third kappa shape index (κ3) is 6.50. The zero-order valence-electron chi connectivity index (χ0n) is 22.2. The summed E-state index contributed by atoms with van der Waals surface area (Å²) in [4.78, 5) is 26.8. The van der Waals surface area contributed by atoms with Crippen molar-refractivity contribution in [2.24, 2.45) is 0 Å². The van der Waals surface area contributed by atoms with Crippen molar-refractivity contribution in [2.45, 2.75) is 40.5 Å². The number of anilines is 1. The normalized spacial score (nSPS) is 11.2. The molecule has 4 rings (SSSR count). The Hall–Kier alpha value is -4.50. The maximum atomic E-state index is 15.0. The number of hydrogen-bond donors (Lipinski definition) is 1. The van der Waals surface area contributed by atoms with Gasteiger partial charge in [0.05, 0.1) is 30.7 Å². The largest absolute Gasteiger partial charge is 0.501 e. The van der Waals surface area contributed by atoms with Crippen LogP contribution in [-0.2, 0) is 29.2 Å². The van der Waals surface area contributed by atoms with E-state index in [1.54, 1.807) is 12.1 Å². The lowest BCUT2D eigenvalue weighted by Gasteiger charge is -2.13. The van der Waals surface area contributed by atoms with E-state index in [1.807, 2.05) is 63.2 Å². The van der Waals surface area contributed by atoms with Gasteiger partial charge in [0.25, 0.3) is 5.91 Å². The van der Waals surface area contributed by atoms with E-state index in [2.05, 4.69) is 10.4 Å². The molecule has 1 N–H and O–H groups in total. The van der Waals surface area contributed by atoms with E-state index in [-0.39, 0.29) is 23.4 Å². The van der Waals surface area contributed by atoms with Crippen LogP contribution < -0.4 is 11.0 Å². The molecule has 0 spiro atoms. The van der Waals surface area contributed by atoms with Gasteiger partial charge in [0, 0.05) is 23.9 Å². The van der Waals surface area contributed by atoms with Gasteiger partial charge in [-0.2, -0.15) is 4.68 Å². The number of para-hydroxylation sites is 1. The number of aryl methyl sites for hydroxylation is 1. The first-order valence-corrected chi connectivity index (χ1v) is 12.7. The Balaban J connectivity index is 1.74. The van der Waals surface area contributed by atoms with Crippen LogP contribution in [0.1, 0.15) is 46.7 Å². The second kappa shape index (κ2) is 12.8. The number of aromatic nitrogens is 3. The highest BCUT2D eigenvalue weighted by Crippen LogP contribution is 2.24. The molecular weight excluding hydrogens is 499 g/mol. The molecule has 1 aromatic heterocycles. The molecule has 0 aliphatic rings. The number of nitrogens with zero attached hydrogens (tertiary/aromatic N) is 3. The number of nitrogens with one attached hydrogen (secondary N) is 1. The molecule has 0 bridgehead atoms. The van der Waals surface area contributed by atoms with E-state index in [1.165, 1.54) is 23.0 Å². The van der Waals surface area contributed by atoms with E-state index in [4.69, 9.17) is 9.47 Å². The Morgan fingerprint density at radius 1 is 1.05 bits per heavy atom. The minimum Gasteiger partial charge on any atom is -0.501 e. The summed E-state index contributed by atoms with van der Waals surface area (Å²) in [5.74, 6) is -0.836. The fraction of sp³-hybridized carbons (Fsp3) is 0.233. The van der Waals surface area contributed by atoms with Crippen LogP contribution in [0.15, 0.2) is 77.8 Å². The molecule has 8 nitrogen and oxygen atoms in total. The molecule has 1 amide bonds. The lowest BCUT2D eigenvalue weighted by molar-refractivity contribution is 0.0989. The monoisotopic (exact) mass is 530 g/mol. The van der Waals surface area contributed by atoms with Crippen molar-refractivity contribution in [3.05, 3.63) is 117 Å². The van der Waals surface area contributed by atoms with Crippen LogP contribution in [0.4, 0.5) is 10.1 Å². The van der Waals surface area contributed by atoms with Crippen molar-refractivity contribution in [1.82, 2.24) is 14.3 Å². The minimum atomic E-state index is -0.687. The number of benzene rings is 3. The molecule has 0 aliphatic heterocycles. The van der Waals surface area contributed by atoms with Crippen molar-refractivity contribution in [2.75, 3.05) is 11.9 Å². The van der Waals surface area contributed by atoms with Gasteiger partial charge >= 0.3 is 5.69 Å². The number of hydrogen-bond acceptors (Lipinski definition) is 5. The SMILES string of the molecule is CCOC=Cc1c(C(=O)Nc2ccccc2C)cc(F)cc1-n1nc(COCc2ccccc2)n(CC)c1=O. The van der Waals surface area contributed by atoms with Crippen molar-refractivity contribution >= 4 is 17.7 Å². The lowest BCUT2D eigenvalue weighted by atomic mass is 10.0. The second-order valence-corrected chi connectivity index (χ2v) is 8.75. The Bertz CT molecular complexity index is 1530. The van der Waals surface area contributed by atoms with Gasteiger partial charge < -0.3 is 14.8 Å². The molecule has 0 radical (unpaired) electrons. The fourth-order valence-electron chi connectivity index (χ4n) is 4.11. The van der Waals surface area contributed by atoms with Crippen LogP contribution >= 0.6 is 0 Å². The van der Waals surface area contributed by atoms with Crippen LogP contribution in [0.2, 0.25) is 0 Å². The molecule has 3 aromatic carbocycles. The molecule has 1 heterocycles. The van der Waals surface area contributed by atoms with E-state index in [0.29, 0.717) is 31.3 Å². The molecule has 9 heteroatoms. The standard InChI is InChI=1S/C30H31FN4O4/c1-4-34-28(20-39-19-22-12-7-6-8-13-22)33-35(30(34)37)27-18-23(31)17-25(24(27)15-16-38-5-2)29(36)32-26-14-10-9-11-21(26)3/h6-18H,4-5,19-20H2,1-3H3,(H,32,36). The van der Waals surface area contributed by atoms with Gasteiger partial charge in [0.1, 0.15) is 12.4 Å². The number of halogens is 1. The van der Waals surface area contributed by atoms with E-state index < -0.39 is 17.4 Å². The lowest BCUT2D eigenvalue weighted by Crippen LogP contribution is -2.25. The van der Waals surface area contributed by atoms with Gasteiger partial charge in [-0.05, 0) is 50.1 Å². The molecular formula is C30H31FN4O4. The highest BCUT2D eigenvalue weighted by atomic mass is 19.1. The average Bonchev–Trinajstić information content (AvgIpc) is 3.25. The van der Waals surface area contributed by atoms with Crippen LogP contribution in [0.5, 0.6) is 0 Å². The number of rotatable bonds is 11. The van der Waals surface area contributed by atoms with Crippen molar-refractivity contribution in [3.63, 3.8) is 0 Å². The quantitative estimate of drug-likeness (QED) is 0.260. The zero-order valence-corrected chi connectivity index (χ0v) is 22.2. The predicted molar refractivity (Wildman–Crippen MR) is 148 cm³/mol. The summed E-state index contributed by atoms with van der Waals surface area (Å²) in [6.45, 7) is 6.64. The third-order valence-electron chi connectivity index (χ3n) is 6.08. The molecule has 4 aromatic rings. The van der Waals surface area contributed by atoms with Gasteiger partial charge in [-0.25, -0.2) is 9.18 Å². The Kier molecular flexibility index (Phi) is 9.06. The summed E-state index contributed by atoms with van der Waals surface area (Å²) in [5, 5.41) is 7.32. The van der Waals surface area contributed by atoms with Gasteiger partial charge in [-0.15, -0.1) is 5.10 Å². The van der Waals surface area contributed by atoms with Crippen LogP contribution in [0.3, 0.4) is 0 Å². The zero-order chi connectivity index (χ0) is 27.8. The maximum Gasteiger partial charge on any atom is 0.350 e. The summed E-state index contributed by atoms with van der Waals surface area (Å²) in [7, 11) is 0. The van der Waals surface area contributed by atoms with Crippen molar-refractivity contribution < 1.29 is 18.7 Å². The number of carbonyl (C=O) groups excluding carboxylic acids is 1. The van der Waals surface area contributed by atoms with Crippen LogP contribution in [0, 0.1) is 12.7 Å². The van der Waals surface area contributed by atoms with Crippen molar-refractivity contribution in [3.8, 4) is 5.69 Å². The molecule has 202 valence electrons. The van der Waals surface area contributed by atoms with Gasteiger partial charge in [0.15, 0.2) is 5.82 Å². The van der Waals surface area contributed by atoms with Crippen LogP contribution in [0.25, 0.3) is 11.8 Å². The molecule has 0 fully saturated rings. The number of carbonyl (C=O) groups is 1. The van der Waals surface area contributed by atoms with E-state index in [0.717, 1.165) is 21.9 Å². The highest BCUT2D eigenvalue weighted by molar-refractivity contribution is 6.07. The highest BCUT2D eigenvalue weighted by Gasteiger charge is 2.22. The van der Waals surface area contributed by atoms with Gasteiger partial charge in [0.2, 0.25) is 0 Å². The van der Waals surface area contributed by atoms with Gasteiger partial charge in [-0.1, -0.05) is 48.5 Å². The van der Waals surface area contributed by atoms with E-state index in [9.17, 15) is 14.0 Å². The Morgan fingerprint density at radius 3 is 2.51 bits per heavy atom. The number of amides is 1. The molecule has 0 atom stereocenters. The summed E-state index contributed by atoms with van der Waals surface area (Å²) < 4.78 is 28.7. The Morgan fingerprint density at radius 2 is 1.79 bits per heavy atom. The van der Waals surface area contributed by atoms with Gasteiger partial charge in [-0.3, -0.25) is 9.36 Å². The molecule has 0 saturated heterocycles. The maximum absolute atomic E-state index is 15.0. The third-order valence-corrected chi connectivity index (χ3v) is 6.08. The van der Waals surface area contributed by atoms with E-state index >= 15 is 0 Å². The van der Waals surface area contributed by atoms with Crippen molar-refractivity contribution in [1.29, 1.82) is 0 Å². The summed E-state index contributed by atoms with van der Waals surface area (Å²) in [6, 6.07) is 19.2. The predicted octanol–water partition coefficient (Wildman–Crippen LogP) is 5.48. The summed E-state index contributed by atoms with van der Waals surface area (Å²) >= 11 is 0. The molecule has 0 unspecified atom stereocenters.